The second kappa shape index (κ2) is 8.78. The van der Waals surface area contributed by atoms with E-state index in [1.807, 2.05) is 13.8 Å². The average molecular weight is 182 g/mol. The van der Waals surface area contributed by atoms with Crippen LogP contribution in [0.3, 0.4) is 0 Å². The van der Waals surface area contributed by atoms with E-state index < -0.39 is 0 Å². The number of carbonyl (C=O) groups is 1. The number of carbonyl (C=O) groups excluding carboxylic acids is 1. The van der Waals surface area contributed by atoms with Gasteiger partial charge < -0.3 is 5.11 Å². The topological polar surface area (TPSA) is 37.3 Å². The maximum atomic E-state index is 10.8. The van der Waals surface area contributed by atoms with E-state index in [9.17, 15) is 4.79 Å². The standard InChI is InChI=1S/C9H12O2.C2H6/c1-4-5-9(8(3)11)6-7(2)10;1-2/h4-6,10H,2H2,1,3H3;1-2H3/b5-4-,9-6+;. The van der Waals surface area contributed by atoms with Crippen LogP contribution in [0.1, 0.15) is 27.7 Å². The van der Waals surface area contributed by atoms with Crippen molar-refractivity contribution in [3.05, 3.63) is 36.1 Å². The van der Waals surface area contributed by atoms with Gasteiger partial charge in [0, 0.05) is 5.57 Å². The zero-order chi connectivity index (χ0) is 10.9. The number of Topliss-reactive ketones (excluding diaryl/α,β-unsaturated/α-hetero) is 1. The Morgan fingerprint density at radius 1 is 1.38 bits per heavy atom. The van der Waals surface area contributed by atoms with Crippen LogP contribution in [0.25, 0.3) is 0 Å². The molecule has 0 aliphatic heterocycles. The Bertz CT molecular complexity index is 222. The summed E-state index contributed by atoms with van der Waals surface area (Å²) in [6.45, 7) is 10.5. The lowest BCUT2D eigenvalue weighted by Gasteiger charge is -1.93. The molecule has 0 rings (SSSR count). The van der Waals surface area contributed by atoms with Gasteiger partial charge in [-0.3, -0.25) is 4.79 Å². The van der Waals surface area contributed by atoms with Gasteiger partial charge in [-0.15, -0.1) is 0 Å². The van der Waals surface area contributed by atoms with Crippen molar-refractivity contribution in [1.82, 2.24) is 0 Å². The highest BCUT2D eigenvalue weighted by molar-refractivity contribution is 5.96. The normalized spacial score (nSPS) is 10.6. The molecule has 0 spiro atoms. The molecular formula is C11H18O2. The summed E-state index contributed by atoms with van der Waals surface area (Å²) in [5, 5.41) is 8.74. The highest BCUT2D eigenvalue weighted by atomic mass is 16.3. The Hall–Kier alpha value is -1.31. The molecule has 0 fully saturated rings. The van der Waals surface area contributed by atoms with Crippen LogP contribution < -0.4 is 0 Å². The second-order valence-electron chi connectivity index (χ2n) is 2.15. The fourth-order valence-electron chi connectivity index (χ4n) is 0.626. The molecule has 13 heavy (non-hydrogen) atoms. The Morgan fingerprint density at radius 2 is 1.85 bits per heavy atom. The van der Waals surface area contributed by atoms with Gasteiger partial charge in [-0.1, -0.05) is 32.6 Å². The van der Waals surface area contributed by atoms with Crippen LogP contribution in [0.5, 0.6) is 0 Å². The minimum Gasteiger partial charge on any atom is -0.509 e. The lowest BCUT2D eigenvalue weighted by atomic mass is 10.1. The predicted molar refractivity (Wildman–Crippen MR) is 56.7 cm³/mol. The van der Waals surface area contributed by atoms with E-state index >= 15 is 0 Å². The summed E-state index contributed by atoms with van der Waals surface area (Å²) in [4.78, 5) is 10.8. The van der Waals surface area contributed by atoms with Crippen molar-refractivity contribution in [2.24, 2.45) is 0 Å². The molecule has 0 atom stereocenters. The van der Waals surface area contributed by atoms with Gasteiger partial charge >= 0.3 is 0 Å². The van der Waals surface area contributed by atoms with Crippen LogP contribution in [-0.2, 0) is 4.79 Å². The average Bonchev–Trinajstić information content (AvgIpc) is 2.06. The minimum atomic E-state index is -0.103. The lowest BCUT2D eigenvalue weighted by molar-refractivity contribution is -0.113. The molecule has 0 aromatic carbocycles. The SMILES string of the molecule is C=C(O)/C=C(\C=C/C)C(C)=O.CC. The number of aliphatic hydroxyl groups is 1. The fourth-order valence-corrected chi connectivity index (χ4v) is 0.626. The third kappa shape index (κ3) is 8.60. The molecular weight excluding hydrogens is 164 g/mol. The van der Waals surface area contributed by atoms with E-state index in [4.69, 9.17) is 5.11 Å². The summed E-state index contributed by atoms with van der Waals surface area (Å²) in [7, 11) is 0. The molecule has 0 aliphatic rings. The van der Waals surface area contributed by atoms with Crippen LogP contribution in [-0.4, -0.2) is 10.9 Å². The van der Waals surface area contributed by atoms with E-state index in [0.717, 1.165) is 0 Å². The monoisotopic (exact) mass is 182 g/mol. The minimum absolute atomic E-state index is 0.0849. The van der Waals surface area contributed by atoms with E-state index in [1.54, 1.807) is 19.1 Å². The van der Waals surface area contributed by atoms with Crippen molar-refractivity contribution in [2.75, 3.05) is 0 Å². The smallest absolute Gasteiger partial charge is 0.159 e. The van der Waals surface area contributed by atoms with Crippen LogP contribution in [0.4, 0.5) is 0 Å². The Balaban J connectivity index is 0. The molecule has 2 heteroatoms. The summed E-state index contributed by atoms with van der Waals surface area (Å²) < 4.78 is 0. The summed E-state index contributed by atoms with van der Waals surface area (Å²) >= 11 is 0. The summed E-state index contributed by atoms with van der Waals surface area (Å²) in [5.74, 6) is -0.188. The van der Waals surface area contributed by atoms with Crippen LogP contribution >= 0.6 is 0 Å². The maximum Gasteiger partial charge on any atom is 0.159 e. The summed E-state index contributed by atoms with van der Waals surface area (Å²) in [5.41, 5.74) is 0.458. The van der Waals surface area contributed by atoms with Gasteiger partial charge in [0.25, 0.3) is 0 Å². The molecule has 0 bridgehead atoms. The molecule has 0 aromatic heterocycles. The fraction of sp³-hybridized carbons (Fsp3) is 0.364. The largest absolute Gasteiger partial charge is 0.509 e. The van der Waals surface area contributed by atoms with Gasteiger partial charge in [0.05, 0.1) is 0 Å². The Labute approximate surface area is 80.3 Å². The van der Waals surface area contributed by atoms with E-state index in [1.165, 1.54) is 13.0 Å². The van der Waals surface area contributed by atoms with E-state index in [-0.39, 0.29) is 11.5 Å². The van der Waals surface area contributed by atoms with Gasteiger partial charge in [-0.25, -0.2) is 0 Å². The molecule has 0 saturated carbocycles. The Morgan fingerprint density at radius 3 is 2.08 bits per heavy atom. The quantitative estimate of drug-likeness (QED) is 0.413. The van der Waals surface area contributed by atoms with Gasteiger partial charge in [0.2, 0.25) is 0 Å². The van der Waals surface area contributed by atoms with Crippen molar-refractivity contribution in [3.63, 3.8) is 0 Å². The van der Waals surface area contributed by atoms with Gasteiger partial charge in [0.15, 0.2) is 5.78 Å². The van der Waals surface area contributed by atoms with Crippen molar-refractivity contribution in [1.29, 1.82) is 0 Å². The molecule has 74 valence electrons. The Kier molecular flexibility index (Phi) is 9.61. The first-order valence-electron chi connectivity index (χ1n) is 4.31. The third-order valence-corrected chi connectivity index (χ3v) is 1.07. The summed E-state index contributed by atoms with van der Waals surface area (Å²) in [6, 6.07) is 0. The first kappa shape index (κ1) is 14.2. The molecule has 0 amide bonds. The van der Waals surface area contributed by atoms with Crippen LogP contribution in [0.2, 0.25) is 0 Å². The molecule has 0 unspecified atom stereocenters. The lowest BCUT2D eigenvalue weighted by Crippen LogP contribution is -1.93. The molecule has 0 saturated heterocycles. The zero-order valence-electron chi connectivity index (χ0n) is 8.79. The van der Waals surface area contributed by atoms with Crippen molar-refractivity contribution < 1.29 is 9.90 Å². The first-order chi connectivity index (χ1) is 6.07. The van der Waals surface area contributed by atoms with Gasteiger partial charge in [0.1, 0.15) is 5.76 Å². The molecule has 2 nitrogen and oxygen atoms in total. The van der Waals surface area contributed by atoms with Crippen molar-refractivity contribution >= 4 is 5.78 Å². The van der Waals surface area contributed by atoms with E-state index in [2.05, 4.69) is 6.58 Å². The van der Waals surface area contributed by atoms with Gasteiger partial charge in [-0.05, 0) is 19.9 Å². The second-order valence-corrected chi connectivity index (χ2v) is 2.15. The van der Waals surface area contributed by atoms with Crippen LogP contribution in [0, 0.1) is 0 Å². The third-order valence-electron chi connectivity index (χ3n) is 1.07. The van der Waals surface area contributed by atoms with Crippen molar-refractivity contribution in [3.8, 4) is 0 Å². The highest BCUT2D eigenvalue weighted by Crippen LogP contribution is 2.01. The molecule has 0 aliphatic carbocycles. The number of hydrogen-bond donors (Lipinski definition) is 1. The van der Waals surface area contributed by atoms with Crippen molar-refractivity contribution in [2.45, 2.75) is 27.7 Å². The number of rotatable bonds is 3. The number of ketones is 1. The number of allylic oxidation sites excluding steroid dienone is 4. The molecule has 1 N–H and O–H groups in total. The molecule has 0 aromatic rings. The number of aliphatic hydroxyl groups excluding tert-OH is 1. The first-order valence-corrected chi connectivity index (χ1v) is 4.31. The molecule has 0 radical (unpaired) electrons. The maximum absolute atomic E-state index is 10.8. The van der Waals surface area contributed by atoms with E-state index in [0.29, 0.717) is 5.57 Å². The van der Waals surface area contributed by atoms with Gasteiger partial charge in [-0.2, -0.15) is 0 Å². The predicted octanol–water partition coefficient (Wildman–Crippen LogP) is 3.18. The molecule has 0 heterocycles. The highest BCUT2D eigenvalue weighted by Gasteiger charge is 1.97. The van der Waals surface area contributed by atoms with Crippen LogP contribution in [0.15, 0.2) is 36.1 Å². The summed E-state index contributed by atoms with van der Waals surface area (Å²) in [6.07, 6.45) is 4.70. The zero-order valence-corrected chi connectivity index (χ0v) is 8.79. The number of hydrogen-bond acceptors (Lipinski definition) is 2.